The molecule has 0 spiro atoms. The number of benzene rings is 1. The first-order valence-corrected chi connectivity index (χ1v) is 8.19. The van der Waals surface area contributed by atoms with Crippen molar-refractivity contribution in [1.29, 1.82) is 0 Å². The molecule has 23 heavy (non-hydrogen) atoms. The first-order chi connectivity index (χ1) is 10.9. The second kappa shape index (κ2) is 7.49. The Bertz CT molecular complexity index is 546. The normalized spacial score (nSPS) is 16.4. The number of amides is 2. The molecule has 0 N–H and O–H groups in total. The molecule has 1 aliphatic heterocycles. The fourth-order valence-electron chi connectivity index (χ4n) is 2.68. The van der Waals surface area contributed by atoms with Gasteiger partial charge < -0.3 is 14.5 Å². The van der Waals surface area contributed by atoms with Crippen LogP contribution in [-0.4, -0.2) is 53.9 Å². The van der Waals surface area contributed by atoms with Crippen LogP contribution in [0.25, 0.3) is 0 Å². The van der Waals surface area contributed by atoms with Gasteiger partial charge in [0, 0.05) is 33.1 Å². The topological polar surface area (TPSA) is 49.9 Å². The van der Waals surface area contributed by atoms with Gasteiger partial charge in [-0.1, -0.05) is 26.0 Å². The van der Waals surface area contributed by atoms with E-state index in [4.69, 9.17) is 4.74 Å². The highest BCUT2D eigenvalue weighted by atomic mass is 16.5. The summed E-state index contributed by atoms with van der Waals surface area (Å²) in [5, 5.41) is 0. The van der Waals surface area contributed by atoms with Crippen molar-refractivity contribution in [2.75, 3.05) is 26.2 Å². The summed E-state index contributed by atoms with van der Waals surface area (Å²) in [6.07, 6.45) is -0.524. The summed E-state index contributed by atoms with van der Waals surface area (Å²) >= 11 is 0. The third kappa shape index (κ3) is 4.47. The number of carbonyl (C=O) groups is 2. The van der Waals surface area contributed by atoms with Crippen LogP contribution in [-0.2, 0) is 9.59 Å². The first kappa shape index (κ1) is 17.3. The minimum Gasteiger partial charge on any atom is -0.481 e. The molecule has 0 aliphatic carbocycles. The van der Waals surface area contributed by atoms with Crippen molar-refractivity contribution in [1.82, 2.24) is 9.80 Å². The summed E-state index contributed by atoms with van der Waals surface area (Å²) in [4.78, 5) is 27.3. The number of nitrogens with zero attached hydrogens (tertiary/aromatic N) is 2. The second-order valence-electron chi connectivity index (χ2n) is 6.32. The Hall–Kier alpha value is -2.04. The van der Waals surface area contributed by atoms with E-state index >= 15 is 0 Å². The van der Waals surface area contributed by atoms with Gasteiger partial charge in [0.05, 0.1) is 0 Å². The predicted octanol–water partition coefficient (Wildman–Crippen LogP) is 2.27. The Labute approximate surface area is 138 Å². The van der Waals surface area contributed by atoms with E-state index in [2.05, 4.69) is 13.8 Å². The molecular formula is C18H26N2O3. The molecule has 1 aliphatic rings. The van der Waals surface area contributed by atoms with Crippen molar-refractivity contribution in [3.8, 4) is 5.75 Å². The summed E-state index contributed by atoms with van der Waals surface area (Å²) < 4.78 is 5.77. The van der Waals surface area contributed by atoms with Gasteiger partial charge in [-0.25, -0.2) is 0 Å². The lowest BCUT2D eigenvalue weighted by molar-refractivity contribution is -0.143. The van der Waals surface area contributed by atoms with E-state index in [1.807, 2.05) is 24.3 Å². The number of ether oxygens (including phenoxy) is 1. The summed E-state index contributed by atoms with van der Waals surface area (Å²) in [6, 6.07) is 7.88. The van der Waals surface area contributed by atoms with E-state index in [1.54, 1.807) is 23.6 Å². The summed E-state index contributed by atoms with van der Waals surface area (Å²) in [7, 11) is 0. The molecule has 1 saturated heterocycles. The fourth-order valence-corrected chi connectivity index (χ4v) is 2.68. The number of carbonyl (C=O) groups excluding carboxylic acids is 2. The van der Waals surface area contributed by atoms with Crippen LogP contribution in [0.15, 0.2) is 24.3 Å². The van der Waals surface area contributed by atoms with Crippen molar-refractivity contribution in [2.24, 2.45) is 0 Å². The first-order valence-electron chi connectivity index (χ1n) is 8.19. The zero-order valence-electron chi connectivity index (χ0n) is 14.4. The molecule has 0 aromatic heterocycles. The van der Waals surface area contributed by atoms with Crippen LogP contribution in [0.2, 0.25) is 0 Å². The van der Waals surface area contributed by atoms with Crippen LogP contribution in [0.1, 0.15) is 39.2 Å². The average Bonchev–Trinajstić information content (AvgIpc) is 2.54. The molecule has 2 amide bonds. The average molecular weight is 318 g/mol. The van der Waals surface area contributed by atoms with E-state index in [9.17, 15) is 9.59 Å². The van der Waals surface area contributed by atoms with E-state index in [0.29, 0.717) is 37.8 Å². The zero-order valence-corrected chi connectivity index (χ0v) is 14.4. The molecule has 1 aromatic carbocycles. The van der Waals surface area contributed by atoms with Gasteiger partial charge in [0.25, 0.3) is 5.91 Å². The molecule has 5 heteroatoms. The standard InChI is InChI=1S/C18H26N2O3/c1-13(2)16-5-7-17(8-6-16)23-14(3)18(22)20-11-9-19(10-12-20)15(4)21/h5-8,13-14H,9-12H2,1-4H3. The molecule has 1 aromatic rings. The van der Waals surface area contributed by atoms with Crippen molar-refractivity contribution >= 4 is 11.8 Å². The summed E-state index contributed by atoms with van der Waals surface area (Å²) in [5.41, 5.74) is 1.25. The van der Waals surface area contributed by atoms with Gasteiger partial charge in [0.1, 0.15) is 5.75 Å². The summed E-state index contributed by atoms with van der Waals surface area (Å²) in [6.45, 7) is 9.94. The minimum atomic E-state index is -0.524. The molecule has 1 heterocycles. The summed E-state index contributed by atoms with van der Waals surface area (Å²) in [5.74, 6) is 1.21. The molecule has 0 saturated carbocycles. The minimum absolute atomic E-state index is 0.0267. The molecule has 0 radical (unpaired) electrons. The molecule has 126 valence electrons. The quantitative estimate of drug-likeness (QED) is 0.856. The van der Waals surface area contributed by atoms with Gasteiger partial charge >= 0.3 is 0 Å². The Morgan fingerprint density at radius 2 is 1.48 bits per heavy atom. The maximum atomic E-state index is 12.5. The van der Waals surface area contributed by atoms with Crippen LogP contribution in [0.5, 0.6) is 5.75 Å². The third-order valence-corrected chi connectivity index (χ3v) is 4.24. The van der Waals surface area contributed by atoms with Crippen LogP contribution in [0.4, 0.5) is 0 Å². The monoisotopic (exact) mass is 318 g/mol. The lowest BCUT2D eigenvalue weighted by Crippen LogP contribution is -2.52. The largest absolute Gasteiger partial charge is 0.481 e. The molecule has 1 unspecified atom stereocenters. The van der Waals surface area contributed by atoms with Crippen molar-refractivity contribution in [3.05, 3.63) is 29.8 Å². The number of hydrogen-bond donors (Lipinski definition) is 0. The molecule has 0 bridgehead atoms. The zero-order chi connectivity index (χ0) is 17.0. The fraction of sp³-hybridized carbons (Fsp3) is 0.556. The van der Waals surface area contributed by atoms with Gasteiger partial charge in [-0.2, -0.15) is 0 Å². The van der Waals surface area contributed by atoms with E-state index in [0.717, 1.165) is 0 Å². The highest BCUT2D eigenvalue weighted by molar-refractivity contribution is 5.81. The lowest BCUT2D eigenvalue weighted by Gasteiger charge is -2.35. The van der Waals surface area contributed by atoms with Crippen LogP contribution in [0, 0.1) is 0 Å². The Morgan fingerprint density at radius 1 is 0.957 bits per heavy atom. The predicted molar refractivity (Wildman–Crippen MR) is 89.5 cm³/mol. The van der Waals surface area contributed by atoms with Crippen LogP contribution >= 0.6 is 0 Å². The molecular weight excluding hydrogens is 292 g/mol. The Kier molecular flexibility index (Phi) is 5.64. The van der Waals surface area contributed by atoms with Crippen molar-refractivity contribution < 1.29 is 14.3 Å². The molecule has 2 rings (SSSR count). The maximum absolute atomic E-state index is 12.5. The van der Waals surface area contributed by atoms with Crippen molar-refractivity contribution in [2.45, 2.75) is 39.7 Å². The van der Waals surface area contributed by atoms with Gasteiger partial charge in [0.2, 0.25) is 5.91 Å². The molecule has 5 nitrogen and oxygen atoms in total. The number of hydrogen-bond acceptors (Lipinski definition) is 3. The van der Waals surface area contributed by atoms with Gasteiger partial charge in [-0.3, -0.25) is 9.59 Å². The Balaban J connectivity index is 1.89. The van der Waals surface area contributed by atoms with Gasteiger partial charge in [0.15, 0.2) is 6.10 Å². The van der Waals surface area contributed by atoms with Gasteiger partial charge in [-0.15, -0.1) is 0 Å². The highest BCUT2D eigenvalue weighted by Gasteiger charge is 2.26. The van der Waals surface area contributed by atoms with Crippen molar-refractivity contribution in [3.63, 3.8) is 0 Å². The van der Waals surface area contributed by atoms with E-state index in [-0.39, 0.29) is 11.8 Å². The van der Waals surface area contributed by atoms with E-state index < -0.39 is 6.10 Å². The number of piperazine rings is 1. The SMILES string of the molecule is CC(=O)N1CCN(C(=O)C(C)Oc2ccc(C(C)C)cc2)CC1. The van der Waals surface area contributed by atoms with E-state index in [1.165, 1.54) is 5.56 Å². The van der Waals surface area contributed by atoms with Crippen LogP contribution in [0.3, 0.4) is 0 Å². The van der Waals surface area contributed by atoms with Crippen LogP contribution < -0.4 is 4.74 Å². The highest BCUT2D eigenvalue weighted by Crippen LogP contribution is 2.20. The maximum Gasteiger partial charge on any atom is 0.263 e. The second-order valence-corrected chi connectivity index (χ2v) is 6.32. The molecule has 1 atom stereocenters. The lowest BCUT2D eigenvalue weighted by atomic mass is 10.0. The smallest absolute Gasteiger partial charge is 0.263 e. The number of rotatable bonds is 4. The third-order valence-electron chi connectivity index (χ3n) is 4.24. The van der Waals surface area contributed by atoms with Gasteiger partial charge in [-0.05, 0) is 30.5 Å². The molecule has 1 fully saturated rings. The Morgan fingerprint density at radius 3 is 1.96 bits per heavy atom.